The Bertz CT molecular complexity index is 598. The largest absolute Gasteiger partial charge is 0.550 e. The second-order valence-electron chi connectivity index (χ2n) is 6.51. The molecule has 140 valence electrons. The molecular formula is C15H20F3N3O4. The van der Waals surface area contributed by atoms with Crippen molar-refractivity contribution in [3.05, 3.63) is 23.9 Å². The molecule has 1 heterocycles. The number of nitrogens with one attached hydrogen (secondary N) is 1. The van der Waals surface area contributed by atoms with E-state index >= 15 is 0 Å². The Morgan fingerprint density at radius 3 is 2.40 bits per heavy atom. The lowest BCUT2D eigenvalue weighted by Crippen LogP contribution is -2.50. The van der Waals surface area contributed by atoms with Crippen molar-refractivity contribution in [1.29, 1.82) is 0 Å². The van der Waals surface area contributed by atoms with Gasteiger partial charge in [-0.15, -0.1) is 0 Å². The molecular weight excluding hydrogens is 343 g/mol. The zero-order chi connectivity index (χ0) is 19.3. The molecule has 0 spiro atoms. The van der Waals surface area contributed by atoms with Crippen molar-refractivity contribution in [3.8, 4) is 5.88 Å². The average Bonchev–Trinajstić information content (AvgIpc) is 2.42. The summed E-state index contributed by atoms with van der Waals surface area (Å²) < 4.78 is 41.0. The first-order valence-electron chi connectivity index (χ1n) is 7.32. The third-order valence-corrected chi connectivity index (χ3v) is 2.90. The smallest absolute Gasteiger partial charge is 0.422 e. The van der Waals surface area contributed by atoms with E-state index in [1.807, 2.05) is 21.1 Å². The van der Waals surface area contributed by atoms with Crippen molar-refractivity contribution >= 4 is 11.9 Å². The number of carbonyl (C=O) groups is 2. The monoisotopic (exact) mass is 363 g/mol. The highest BCUT2D eigenvalue weighted by atomic mass is 19.4. The van der Waals surface area contributed by atoms with Gasteiger partial charge in [-0.05, 0) is 6.07 Å². The molecule has 1 N–H and O–H groups in total. The number of hydrogen-bond acceptors (Lipinski definition) is 5. The first-order valence-corrected chi connectivity index (χ1v) is 7.32. The van der Waals surface area contributed by atoms with Gasteiger partial charge in [0.1, 0.15) is 0 Å². The first kappa shape index (κ1) is 20.7. The molecule has 0 fully saturated rings. The average molecular weight is 363 g/mol. The molecule has 0 saturated heterocycles. The first-order chi connectivity index (χ1) is 11.4. The van der Waals surface area contributed by atoms with Crippen LogP contribution in [0.15, 0.2) is 18.3 Å². The number of rotatable bonds is 8. The fraction of sp³-hybridized carbons (Fsp3) is 0.533. The maximum absolute atomic E-state index is 12.2. The van der Waals surface area contributed by atoms with Gasteiger partial charge in [-0.1, -0.05) is 0 Å². The summed E-state index contributed by atoms with van der Waals surface area (Å²) in [7, 11) is 5.51. The quantitative estimate of drug-likeness (QED) is 0.655. The van der Waals surface area contributed by atoms with Crippen LogP contribution in [0.4, 0.5) is 13.2 Å². The summed E-state index contributed by atoms with van der Waals surface area (Å²) in [4.78, 5) is 26.6. The number of halogens is 3. The number of pyridine rings is 1. The standard InChI is InChI=1S/C15H20F3N3O4/c1-21(2,3)8-11(6-13(22)23)20-14(24)10-4-5-12(19-7-10)25-9-15(16,17)18/h4-5,7,11H,6,8-9H2,1-3H3,(H-,20,22,23,24). The topological polar surface area (TPSA) is 91.3 Å². The van der Waals surface area contributed by atoms with Gasteiger partial charge >= 0.3 is 6.18 Å². The van der Waals surface area contributed by atoms with Crippen LogP contribution in [0.3, 0.4) is 0 Å². The number of alkyl halides is 3. The number of ether oxygens (including phenoxy) is 1. The van der Waals surface area contributed by atoms with Gasteiger partial charge in [0.25, 0.3) is 5.91 Å². The minimum atomic E-state index is -4.49. The highest BCUT2D eigenvalue weighted by Crippen LogP contribution is 2.17. The lowest BCUT2D eigenvalue weighted by molar-refractivity contribution is -0.871. The third-order valence-electron chi connectivity index (χ3n) is 2.90. The van der Waals surface area contributed by atoms with Crippen LogP contribution in [0, 0.1) is 0 Å². The Balaban J connectivity index is 2.72. The molecule has 0 aliphatic carbocycles. The molecule has 1 atom stereocenters. The second kappa shape index (κ2) is 8.15. The van der Waals surface area contributed by atoms with Gasteiger partial charge in [-0.25, -0.2) is 4.98 Å². The lowest BCUT2D eigenvalue weighted by Gasteiger charge is -2.30. The summed E-state index contributed by atoms with van der Waals surface area (Å²) in [6.07, 6.45) is -3.79. The van der Waals surface area contributed by atoms with Crippen LogP contribution in [0.2, 0.25) is 0 Å². The van der Waals surface area contributed by atoms with E-state index in [1.165, 1.54) is 6.07 Å². The van der Waals surface area contributed by atoms with E-state index in [4.69, 9.17) is 0 Å². The number of amides is 1. The van der Waals surface area contributed by atoms with Crippen LogP contribution >= 0.6 is 0 Å². The maximum Gasteiger partial charge on any atom is 0.422 e. The fourth-order valence-corrected chi connectivity index (χ4v) is 2.05. The summed E-state index contributed by atoms with van der Waals surface area (Å²) >= 11 is 0. The minimum Gasteiger partial charge on any atom is -0.550 e. The highest BCUT2D eigenvalue weighted by molar-refractivity contribution is 5.94. The number of carbonyl (C=O) groups excluding carboxylic acids is 2. The Hall–Kier alpha value is -2.36. The van der Waals surface area contributed by atoms with E-state index in [9.17, 15) is 27.9 Å². The van der Waals surface area contributed by atoms with Crippen molar-refractivity contribution in [2.75, 3.05) is 34.3 Å². The Kier molecular flexibility index (Phi) is 6.74. The highest BCUT2D eigenvalue weighted by Gasteiger charge is 2.28. The van der Waals surface area contributed by atoms with E-state index in [0.29, 0.717) is 11.0 Å². The zero-order valence-electron chi connectivity index (χ0n) is 14.1. The van der Waals surface area contributed by atoms with Crippen LogP contribution in [0.5, 0.6) is 5.88 Å². The molecule has 1 rings (SSSR count). The number of hydrogen-bond donors (Lipinski definition) is 1. The van der Waals surface area contributed by atoms with Crippen LogP contribution < -0.4 is 15.2 Å². The van der Waals surface area contributed by atoms with Gasteiger partial charge in [-0.3, -0.25) is 4.79 Å². The number of likely N-dealkylation sites (N-methyl/N-ethyl adjacent to an activating group) is 1. The molecule has 0 aliphatic rings. The predicted octanol–water partition coefficient (Wildman–Crippen LogP) is -0.0327. The molecule has 0 bridgehead atoms. The van der Waals surface area contributed by atoms with Crippen molar-refractivity contribution in [1.82, 2.24) is 10.3 Å². The molecule has 1 aromatic heterocycles. The Labute approximate surface area is 143 Å². The maximum atomic E-state index is 12.2. The molecule has 1 unspecified atom stereocenters. The molecule has 0 saturated carbocycles. The van der Waals surface area contributed by atoms with Crippen molar-refractivity contribution < 1.29 is 37.1 Å². The summed E-state index contributed by atoms with van der Waals surface area (Å²) in [5.41, 5.74) is 0.0733. The van der Waals surface area contributed by atoms with E-state index in [-0.39, 0.29) is 17.9 Å². The van der Waals surface area contributed by atoms with E-state index < -0.39 is 30.7 Å². The number of aromatic nitrogens is 1. The Morgan fingerprint density at radius 1 is 1.32 bits per heavy atom. The molecule has 7 nitrogen and oxygen atoms in total. The van der Waals surface area contributed by atoms with Crippen LogP contribution in [0.1, 0.15) is 16.8 Å². The van der Waals surface area contributed by atoms with E-state index in [0.717, 1.165) is 12.3 Å². The summed E-state index contributed by atoms with van der Waals surface area (Å²) in [6, 6.07) is 1.71. The van der Waals surface area contributed by atoms with E-state index in [1.54, 1.807) is 0 Å². The van der Waals surface area contributed by atoms with Gasteiger partial charge in [-0.2, -0.15) is 13.2 Å². The van der Waals surface area contributed by atoms with Gasteiger partial charge in [0.15, 0.2) is 6.61 Å². The number of carboxylic acid groups (broad SMARTS) is 1. The number of carboxylic acids is 1. The molecule has 10 heteroatoms. The van der Waals surface area contributed by atoms with Crippen molar-refractivity contribution in [3.63, 3.8) is 0 Å². The number of quaternary nitrogens is 1. The van der Waals surface area contributed by atoms with Crippen LogP contribution in [0.25, 0.3) is 0 Å². The summed E-state index contributed by atoms with van der Waals surface area (Å²) in [6.45, 7) is -1.14. The molecule has 0 aliphatic heterocycles. The van der Waals surface area contributed by atoms with Crippen molar-refractivity contribution in [2.24, 2.45) is 0 Å². The summed E-state index contributed by atoms with van der Waals surface area (Å²) in [5.74, 6) is -2.16. The second-order valence-corrected chi connectivity index (χ2v) is 6.51. The zero-order valence-corrected chi connectivity index (χ0v) is 14.1. The normalized spacial score (nSPS) is 13.2. The van der Waals surface area contributed by atoms with E-state index in [2.05, 4.69) is 15.0 Å². The fourth-order valence-electron chi connectivity index (χ4n) is 2.05. The molecule has 25 heavy (non-hydrogen) atoms. The molecule has 0 radical (unpaired) electrons. The minimum absolute atomic E-state index is 0.0733. The molecule has 0 aromatic carbocycles. The van der Waals surface area contributed by atoms with Gasteiger partial charge < -0.3 is 24.4 Å². The van der Waals surface area contributed by atoms with Gasteiger partial charge in [0.05, 0.1) is 39.3 Å². The lowest BCUT2D eigenvalue weighted by atomic mass is 10.1. The third kappa shape index (κ3) is 8.89. The Morgan fingerprint density at radius 2 is 1.96 bits per heavy atom. The number of nitrogens with zero attached hydrogens (tertiary/aromatic N) is 2. The molecule has 1 aromatic rings. The summed E-state index contributed by atoms with van der Waals surface area (Å²) in [5, 5.41) is 13.4. The molecule has 1 amide bonds. The number of aliphatic carboxylic acids is 1. The predicted molar refractivity (Wildman–Crippen MR) is 79.6 cm³/mol. The van der Waals surface area contributed by atoms with Crippen molar-refractivity contribution in [2.45, 2.75) is 18.6 Å². The van der Waals surface area contributed by atoms with Crippen LogP contribution in [-0.4, -0.2) is 67.9 Å². The van der Waals surface area contributed by atoms with Gasteiger partial charge in [0, 0.05) is 24.7 Å². The SMILES string of the molecule is C[N+](C)(C)CC(CC(=O)[O-])NC(=O)c1ccc(OCC(F)(F)F)nc1. The van der Waals surface area contributed by atoms with Crippen LogP contribution in [-0.2, 0) is 4.79 Å². The van der Waals surface area contributed by atoms with Gasteiger partial charge in [0.2, 0.25) is 5.88 Å².